The third-order valence-corrected chi connectivity index (χ3v) is 3.13. The molecule has 2 heterocycles. The average molecular weight is 227 g/mol. The Hall–Kier alpha value is -0.800. The summed E-state index contributed by atoms with van der Waals surface area (Å²) in [5.74, 6) is 1.28. The van der Waals surface area contributed by atoms with E-state index in [1.807, 2.05) is 6.07 Å². The van der Waals surface area contributed by atoms with E-state index in [4.69, 9.17) is 16.3 Å². The predicted octanol–water partition coefficient (Wildman–Crippen LogP) is 2.21. The number of hydrogen-bond donors (Lipinski definition) is 1. The topological polar surface area (TPSA) is 34.1 Å². The van der Waals surface area contributed by atoms with Crippen LogP contribution in [-0.2, 0) is 0 Å². The number of ether oxygens (including phenoxy) is 1. The Labute approximate surface area is 94.8 Å². The van der Waals surface area contributed by atoms with Crippen LogP contribution in [0.5, 0.6) is 5.75 Å². The fourth-order valence-corrected chi connectivity index (χ4v) is 2.38. The fourth-order valence-electron chi connectivity index (χ4n) is 2.08. The van der Waals surface area contributed by atoms with Crippen molar-refractivity contribution in [2.75, 3.05) is 20.2 Å². The van der Waals surface area contributed by atoms with Gasteiger partial charge in [0.25, 0.3) is 0 Å². The maximum atomic E-state index is 6.12. The second kappa shape index (κ2) is 4.81. The van der Waals surface area contributed by atoms with Gasteiger partial charge in [-0.15, -0.1) is 0 Å². The summed E-state index contributed by atoms with van der Waals surface area (Å²) in [6, 6.07) is 1.87. The van der Waals surface area contributed by atoms with Crippen LogP contribution in [0.3, 0.4) is 0 Å². The summed E-state index contributed by atoms with van der Waals surface area (Å²) in [5, 5.41) is 3.94. The Bertz CT molecular complexity index is 337. The van der Waals surface area contributed by atoms with Crippen molar-refractivity contribution in [3.05, 3.63) is 23.0 Å². The molecule has 1 aliphatic heterocycles. The smallest absolute Gasteiger partial charge is 0.136 e. The second-order valence-corrected chi connectivity index (χ2v) is 4.12. The maximum absolute atomic E-state index is 6.12. The van der Waals surface area contributed by atoms with Crippen LogP contribution in [0.1, 0.15) is 24.3 Å². The van der Waals surface area contributed by atoms with Gasteiger partial charge in [0.05, 0.1) is 7.11 Å². The lowest BCUT2D eigenvalue weighted by atomic mass is 9.92. The Morgan fingerprint density at radius 1 is 1.60 bits per heavy atom. The molecule has 0 saturated carbocycles. The molecule has 0 radical (unpaired) electrons. The van der Waals surface area contributed by atoms with E-state index in [0.717, 1.165) is 30.8 Å². The van der Waals surface area contributed by atoms with Crippen LogP contribution in [0.2, 0.25) is 5.15 Å². The number of hydrogen-bond acceptors (Lipinski definition) is 3. The summed E-state index contributed by atoms with van der Waals surface area (Å²) >= 11 is 6.12. The first-order valence-electron chi connectivity index (χ1n) is 5.22. The van der Waals surface area contributed by atoms with Gasteiger partial charge in [0, 0.05) is 24.2 Å². The van der Waals surface area contributed by atoms with Crippen molar-refractivity contribution in [3.8, 4) is 5.75 Å². The van der Waals surface area contributed by atoms with Gasteiger partial charge in [-0.05, 0) is 25.5 Å². The monoisotopic (exact) mass is 226 g/mol. The first kappa shape index (κ1) is 10.7. The second-order valence-electron chi connectivity index (χ2n) is 3.76. The summed E-state index contributed by atoms with van der Waals surface area (Å²) in [5.41, 5.74) is 1.05. The zero-order valence-electron chi connectivity index (χ0n) is 8.79. The molecule has 0 spiro atoms. The van der Waals surface area contributed by atoms with Gasteiger partial charge in [-0.3, -0.25) is 0 Å². The van der Waals surface area contributed by atoms with Gasteiger partial charge in [-0.25, -0.2) is 4.98 Å². The highest BCUT2D eigenvalue weighted by Gasteiger charge is 2.22. The van der Waals surface area contributed by atoms with E-state index in [9.17, 15) is 0 Å². The van der Waals surface area contributed by atoms with Crippen molar-refractivity contribution < 1.29 is 4.74 Å². The van der Waals surface area contributed by atoms with Crippen LogP contribution in [0.25, 0.3) is 0 Å². The molecule has 15 heavy (non-hydrogen) atoms. The highest BCUT2D eigenvalue weighted by atomic mass is 35.5. The molecular formula is C11H15ClN2O. The highest BCUT2D eigenvalue weighted by Crippen LogP contribution is 2.34. The van der Waals surface area contributed by atoms with E-state index in [-0.39, 0.29) is 0 Å². The average Bonchev–Trinajstić information content (AvgIpc) is 2.29. The molecule has 1 atom stereocenters. The summed E-state index contributed by atoms with van der Waals surface area (Å²) in [6.07, 6.45) is 4.01. The van der Waals surface area contributed by atoms with Crippen LogP contribution < -0.4 is 10.1 Å². The molecule has 1 saturated heterocycles. The molecule has 1 unspecified atom stereocenters. The molecule has 3 nitrogen and oxygen atoms in total. The zero-order valence-corrected chi connectivity index (χ0v) is 9.55. The van der Waals surface area contributed by atoms with Gasteiger partial charge in [-0.1, -0.05) is 11.6 Å². The minimum Gasteiger partial charge on any atom is -0.496 e. The Balaban J connectivity index is 2.31. The molecule has 0 aromatic carbocycles. The molecule has 2 rings (SSSR count). The van der Waals surface area contributed by atoms with Gasteiger partial charge in [0.1, 0.15) is 10.9 Å². The largest absolute Gasteiger partial charge is 0.496 e. The quantitative estimate of drug-likeness (QED) is 0.786. The number of methoxy groups -OCH3 is 1. The maximum Gasteiger partial charge on any atom is 0.136 e. The lowest BCUT2D eigenvalue weighted by Gasteiger charge is -2.24. The van der Waals surface area contributed by atoms with E-state index >= 15 is 0 Å². The summed E-state index contributed by atoms with van der Waals surface area (Å²) in [7, 11) is 1.67. The van der Waals surface area contributed by atoms with Crippen LogP contribution in [0, 0.1) is 0 Å². The van der Waals surface area contributed by atoms with E-state index in [2.05, 4.69) is 10.3 Å². The van der Waals surface area contributed by atoms with Crippen LogP contribution >= 0.6 is 11.6 Å². The number of piperidine rings is 1. The van der Waals surface area contributed by atoms with Crippen molar-refractivity contribution in [3.63, 3.8) is 0 Å². The molecule has 4 heteroatoms. The molecule has 1 aromatic heterocycles. The van der Waals surface area contributed by atoms with Crippen molar-refractivity contribution in [1.29, 1.82) is 0 Å². The van der Waals surface area contributed by atoms with Gasteiger partial charge in [-0.2, -0.15) is 0 Å². The molecule has 1 N–H and O–H groups in total. The van der Waals surface area contributed by atoms with Crippen molar-refractivity contribution in [2.45, 2.75) is 18.8 Å². The lowest BCUT2D eigenvalue weighted by Crippen LogP contribution is -2.28. The minimum absolute atomic E-state index is 0.426. The molecule has 82 valence electrons. The van der Waals surface area contributed by atoms with Crippen LogP contribution in [0.4, 0.5) is 0 Å². The molecular weight excluding hydrogens is 212 g/mol. The summed E-state index contributed by atoms with van der Waals surface area (Å²) in [6.45, 7) is 2.05. The molecule has 1 fully saturated rings. The molecule has 1 aliphatic rings. The van der Waals surface area contributed by atoms with Crippen LogP contribution in [0.15, 0.2) is 12.3 Å². The third-order valence-electron chi connectivity index (χ3n) is 2.83. The first-order valence-corrected chi connectivity index (χ1v) is 5.60. The number of pyridine rings is 1. The first-order chi connectivity index (χ1) is 7.33. The van der Waals surface area contributed by atoms with Gasteiger partial charge < -0.3 is 10.1 Å². The van der Waals surface area contributed by atoms with E-state index < -0.39 is 0 Å². The standard InChI is InChI=1S/C11H15ClN2O/c1-15-9-4-6-14-11(12)10(9)8-3-2-5-13-7-8/h4,6,8,13H,2-3,5,7H2,1H3. The van der Waals surface area contributed by atoms with Crippen molar-refractivity contribution >= 4 is 11.6 Å². The van der Waals surface area contributed by atoms with Crippen LogP contribution in [-0.4, -0.2) is 25.2 Å². The van der Waals surface area contributed by atoms with E-state index in [0.29, 0.717) is 11.1 Å². The van der Waals surface area contributed by atoms with Gasteiger partial charge in [0.2, 0.25) is 0 Å². The van der Waals surface area contributed by atoms with Gasteiger partial charge >= 0.3 is 0 Å². The Morgan fingerprint density at radius 3 is 3.13 bits per heavy atom. The highest BCUT2D eigenvalue weighted by molar-refractivity contribution is 6.30. The SMILES string of the molecule is COc1ccnc(Cl)c1C1CCCNC1. The lowest BCUT2D eigenvalue weighted by molar-refractivity contribution is 0.391. The summed E-state index contributed by atoms with van der Waals surface area (Å²) < 4.78 is 5.33. The van der Waals surface area contributed by atoms with E-state index in [1.54, 1.807) is 13.3 Å². The fraction of sp³-hybridized carbons (Fsp3) is 0.545. The molecule has 0 aliphatic carbocycles. The predicted molar refractivity (Wildman–Crippen MR) is 60.6 cm³/mol. The molecule has 0 amide bonds. The molecule has 1 aromatic rings. The number of halogens is 1. The number of nitrogens with zero attached hydrogens (tertiary/aromatic N) is 1. The zero-order chi connectivity index (χ0) is 10.7. The Morgan fingerprint density at radius 2 is 2.47 bits per heavy atom. The normalized spacial score (nSPS) is 21.3. The van der Waals surface area contributed by atoms with Crippen molar-refractivity contribution in [2.24, 2.45) is 0 Å². The number of nitrogens with one attached hydrogen (secondary N) is 1. The number of aromatic nitrogens is 1. The Kier molecular flexibility index (Phi) is 3.44. The third kappa shape index (κ3) is 2.24. The van der Waals surface area contributed by atoms with Crippen molar-refractivity contribution in [1.82, 2.24) is 10.3 Å². The van der Waals surface area contributed by atoms with Gasteiger partial charge in [0.15, 0.2) is 0 Å². The van der Waals surface area contributed by atoms with E-state index in [1.165, 1.54) is 6.42 Å². The number of rotatable bonds is 2. The summed E-state index contributed by atoms with van der Waals surface area (Å²) in [4.78, 5) is 4.12. The molecule has 0 bridgehead atoms. The minimum atomic E-state index is 0.426.